The van der Waals surface area contributed by atoms with Crippen molar-refractivity contribution in [3.63, 3.8) is 0 Å². The molecule has 1 aliphatic heterocycles. The molecule has 1 saturated heterocycles. The maximum Gasteiger partial charge on any atom is 0.252 e. The number of thiophene rings is 1. The van der Waals surface area contributed by atoms with Crippen LogP contribution in [0.4, 0.5) is 0 Å². The second-order valence-corrected chi connectivity index (χ2v) is 9.34. The largest absolute Gasteiger partial charge is 0.252 e. The van der Waals surface area contributed by atoms with Crippen LogP contribution in [-0.4, -0.2) is 31.1 Å². The molecule has 0 N–H and O–H groups in total. The number of rotatable bonds is 3. The molecular formula is C10H13Br2NO2S2. The lowest BCUT2D eigenvalue weighted by Crippen LogP contribution is -2.38. The Morgan fingerprint density at radius 3 is 2.47 bits per heavy atom. The van der Waals surface area contributed by atoms with Gasteiger partial charge in [-0.15, -0.1) is 11.3 Å². The first-order valence-corrected chi connectivity index (χ1v) is 9.52. The van der Waals surface area contributed by atoms with Crippen molar-refractivity contribution in [1.82, 2.24) is 4.31 Å². The van der Waals surface area contributed by atoms with Crippen LogP contribution in [0.3, 0.4) is 0 Å². The predicted octanol–water partition coefficient (Wildman–Crippen LogP) is 3.31. The Balaban J connectivity index is 2.12. The van der Waals surface area contributed by atoms with E-state index in [1.165, 1.54) is 11.3 Å². The van der Waals surface area contributed by atoms with Crippen LogP contribution in [0.2, 0.25) is 0 Å². The zero-order valence-electron chi connectivity index (χ0n) is 9.10. The number of piperidine rings is 1. The highest BCUT2D eigenvalue weighted by atomic mass is 79.9. The summed E-state index contributed by atoms with van der Waals surface area (Å²) in [4.78, 5) is 0. The highest BCUT2D eigenvalue weighted by molar-refractivity contribution is 9.11. The van der Waals surface area contributed by atoms with Gasteiger partial charge in [-0.1, -0.05) is 15.9 Å². The van der Waals surface area contributed by atoms with Gasteiger partial charge in [0, 0.05) is 18.4 Å². The number of alkyl halides is 1. The van der Waals surface area contributed by atoms with E-state index in [1.54, 1.807) is 16.4 Å². The number of hydrogen-bond acceptors (Lipinski definition) is 3. The van der Waals surface area contributed by atoms with E-state index in [0.717, 1.165) is 22.0 Å². The monoisotopic (exact) mass is 401 g/mol. The molecular weight excluding hydrogens is 390 g/mol. The van der Waals surface area contributed by atoms with E-state index in [2.05, 4.69) is 31.9 Å². The fraction of sp³-hybridized carbons (Fsp3) is 0.600. The van der Waals surface area contributed by atoms with Gasteiger partial charge in [0.15, 0.2) is 0 Å². The third kappa shape index (κ3) is 3.12. The molecule has 0 aliphatic carbocycles. The van der Waals surface area contributed by atoms with Crippen LogP contribution in [-0.2, 0) is 10.0 Å². The Hall–Kier alpha value is 0.570. The molecule has 0 radical (unpaired) electrons. The molecule has 1 aromatic heterocycles. The van der Waals surface area contributed by atoms with Gasteiger partial charge < -0.3 is 0 Å². The minimum absolute atomic E-state index is 0.432. The molecule has 0 aromatic carbocycles. The van der Waals surface area contributed by atoms with Crippen LogP contribution < -0.4 is 0 Å². The normalized spacial score (nSPS) is 19.6. The van der Waals surface area contributed by atoms with Gasteiger partial charge in [0.05, 0.1) is 3.79 Å². The Bertz CT molecular complexity index is 478. The van der Waals surface area contributed by atoms with Gasteiger partial charge in [-0.05, 0) is 46.8 Å². The number of nitrogens with zero attached hydrogens (tertiary/aromatic N) is 1. The number of sulfonamides is 1. The Kier molecular flexibility index (Phi) is 4.68. The summed E-state index contributed by atoms with van der Waals surface area (Å²) < 4.78 is 27.5. The Morgan fingerprint density at radius 2 is 2.00 bits per heavy atom. The van der Waals surface area contributed by atoms with E-state index in [1.807, 2.05) is 0 Å². The molecule has 0 unspecified atom stereocenters. The predicted molar refractivity (Wildman–Crippen MR) is 77.3 cm³/mol. The summed E-state index contributed by atoms with van der Waals surface area (Å²) in [5, 5.41) is 0.964. The lowest BCUT2D eigenvalue weighted by Gasteiger charge is -2.29. The van der Waals surface area contributed by atoms with Crippen LogP contribution in [0, 0.1) is 5.92 Å². The quantitative estimate of drug-likeness (QED) is 0.727. The van der Waals surface area contributed by atoms with E-state index in [0.29, 0.717) is 23.2 Å². The van der Waals surface area contributed by atoms with Crippen LogP contribution in [0.25, 0.3) is 0 Å². The molecule has 7 heteroatoms. The molecule has 1 aromatic rings. The molecule has 0 bridgehead atoms. The van der Waals surface area contributed by atoms with Crippen LogP contribution in [0.1, 0.15) is 12.8 Å². The Labute approximate surface area is 123 Å². The molecule has 0 atom stereocenters. The molecule has 0 saturated carbocycles. The highest BCUT2D eigenvalue weighted by Gasteiger charge is 2.29. The van der Waals surface area contributed by atoms with Crippen molar-refractivity contribution in [2.75, 3.05) is 18.4 Å². The van der Waals surface area contributed by atoms with Gasteiger partial charge in [0.2, 0.25) is 0 Å². The zero-order valence-corrected chi connectivity index (χ0v) is 13.9. The van der Waals surface area contributed by atoms with Crippen LogP contribution in [0.15, 0.2) is 20.1 Å². The molecule has 0 amide bonds. The summed E-state index contributed by atoms with van der Waals surface area (Å²) in [7, 11) is -3.27. The lowest BCUT2D eigenvalue weighted by atomic mass is 10.0. The van der Waals surface area contributed by atoms with Gasteiger partial charge >= 0.3 is 0 Å². The van der Waals surface area contributed by atoms with Crippen LogP contribution >= 0.6 is 43.2 Å². The third-order valence-electron chi connectivity index (χ3n) is 2.93. The summed E-state index contributed by atoms with van der Waals surface area (Å²) >= 11 is 8.03. The van der Waals surface area contributed by atoms with E-state index in [4.69, 9.17) is 0 Å². The van der Waals surface area contributed by atoms with Crippen molar-refractivity contribution >= 4 is 53.2 Å². The average Bonchev–Trinajstić information content (AvgIpc) is 2.77. The van der Waals surface area contributed by atoms with E-state index < -0.39 is 10.0 Å². The summed E-state index contributed by atoms with van der Waals surface area (Å²) in [6, 6.07) is 3.45. The van der Waals surface area contributed by atoms with Crippen molar-refractivity contribution in [3.05, 3.63) is 15.9 Å². The van der Waals surface area contributed by atoms with Crippen molar-refractivity contribution < 1.29 is 8.42 Å². The average molecular weight is 403 g/mol. The molecule has 3 nitrogen and oxygen atoms in total. The smallest absolute Gasteiger partial charge is 0.206 e. The minimum Gasteiger partial charge on any atom is -0.206 e. The molecule has 2 heterocycles. The third-order valence-corrected chi connectivity index (χ3v) is 7.84. The maximum atomic E-state index is 12.3. The minimum atomic E-state index is -3.27. The van der Waals surface area contributed by atoms with Gasteiger partial charge in [-0.2, -0.15) is 4.31 Å². The fourth-order valence-corrected chi connectivity index (χ4v) is 6.15. The maximum absolute atomic E-state index is 12.3. The molecule has 0 spiro atoms. The van der Waals surface area contributed by atoms with Gasteiger partial charge in [-0.25, -0.2) is 8.42 Å². The van der Waals surface area contributed by atoms with Crippen molar-refractivity contribution in [2.45, 2.75) is 17.1 Å². The van der Waals surface area contributed by atoms with Crippen molar-refractivity contribution in [1.29, 1.82) is 0 Å². The van der Waals surface area contributed by atoms with Gasteiger partial charge in [0.25, 0.3) is 10.0 Å². The number of hydrogen-bond donors (Lipinski definition) is 0. The van der Waals surface area contributed by atoms with Crippen molar-refractivity contribution in [2.24, 2.45) is 5.92 Å². The zero-order chi connectivity index (χ0) is 12.5. The number of halogens is 2. The first kappa shape index (κ1) is 14.0. The van der Waals surface area contributed by atoms with Gasteiger partial charge in [0.1, 0.15) is 4.21 Å². The first-order chi connectivity index (χ1) is 8.04. The second kappa shape index (κ2) is 5.69. The Morgan fingerprint density at radius 1 is 1.35 bits per heavy atom. The van der Waals surface area contributed by atoms with E-state index in [-0.39, 0.29) is 0 Å². The molecule has 1 fully saturated rings. The second-order valence-electron chi connectivity index (χ2n) is 4.06. The molecule has 17 heavy (non-hydrogen) atoms. The molecule has 96 valence electrons. The summed E-state index contributed by atoms with van der Waals surface area (Å²) in [6.07, 6.45) is 1.88. The standard InChI is InChI=1S/C10H13Br2NO2S2/c11-7-8-3-5-13(6-4-8)17(14,15)10-2-1-9(12)16-10/h1-2,8H,3-7H2. The van der Waals surface area contributed by atoms with Crippen molar-refractivity contribution in [3.8, 4) is 0 Å². The molecule has 1 aliphatic rings. The SMILES string of the molecule is O=S(=O)(c1ccc(Br)s1)N1CCC(CBr)CC1. The highest BCUT2D eigenvalue weighted by Crippen LogP contribution is 2.30. The lowest BCUT2D eigenvalue weighted by molar-refractivity contribution is 0.292. The van der Waals surface area contributed by atoms with E-state index >= 15 is 0 Å². The summed E-state index contributed by atoms with van der Waals surface area (Å²) in [6.45, 7) is 1.27. The summed E-state index contributed by atoms with van der Waals surface area (Å²) in [5.74, 6) is 0.608. The topological polar surface area (TPSA) is 37.4 Å². The van der Waals surface area contributed by atoms with Crippen LogP contribution in [0.5, 0.6) is 0 Å². The summed E-state index contributed by atoms with van der Waals surface area (Å²) in [5.41, 5.74) is 0. The van der Waals surface area contributed by atoms with E-state index in [9.17, 15) is 8.42 Å². The fourth-order valence-electron chi connectivity index (χ4n) is 1.87. The molecule has 2 rings (SSSR count). The first-order valence-electron chi connectivity index (χ1n) is 5.35. The van der Waals surface area contributed by atoms with Gasteiger partial charge in [-0.3, -0.25) is 0 Å².